The highest BCUT2D eigenvalue weighted by Gasteiger charge is 2.17. The Balaban J connectivity index is 1.77. The molecule has 0 spiro atoms. The summed E-state index contributed by atoms with van der Waals surface area (Å²) in [6.07, 6.45) is 0.257. The van der Waals surface area contributed by atoms with Gasteiger partial charge in [0.15, 0.2) is 0 Å². The number of hydrogen-bond donors (Lipinski definition) is 1. The number of likely N-dealkylation sites (N-methyl/N-ethyl adjacent to an activating group) is 1. The third kappa shape index (κ3) is 3.12. The number of anilines is 1. The minimum Gasteiger partial charge on any atom is -0.374 e. The predicted molar refractivity (Wildman–Crippen MR) is 60.4 cm³/mol. The second-order valence-electron chi connectivity index (χ2n) is 3.76. The van der Waals surface area contributed by atoms with Gasteiger partial charge in [0.1, 0.15) is 5.01 Å². The molecule has 1 aromatic rings. The van der Waals surface area contributed by atoms with Gasteiger partial charge in [-0.2, -0.15) is 0 Å². The fourth-order valence-corrected chi connectivity index (χ4v) is 2.16. The van der Waals surface area contributed by atoms with Crippen LogP contribution in [0.4, 0.5) is 5.13 Å². The maximum Gasteiger partial charge on any atom is 0.205 e. The fourth-order valence-electron chi connectivity index (χ4n) is 1.56. The first-order chi connectivity index (χ1) is 7.24. The number of aryl methyl sites for hydroxylation is 1. The van der Waals surface area contributed by atoms with Crippen LogP contribution in [0.3, 0.4) is 0 Å². The Kier molecular flexibility index (Phi) is 3.50. The number of ether oxygens (including phenoxy) is 1. The minimum atomic E-state index is 0.257. The highest BCUT2D eigenvalue weighted by atomic mass is 32.1. The van der Waals surface area contributed by atoms with Gasteiger partial charge in [0.25, 0.3) is 0 Å². The van der Waals surface area contributed by atoms with Gasteiger partial charge in [0, 0.05) is 19.6 Å². The molecular formula is C9H16N4OS. The molecule has 2 rings (SSSR count). The van der Waals surface area contributed by atoms with Gasteiger partial charge in [-0.15, -0.1) is 10.2 Å². The summed E-state index contributed by atoms with van der Waals surface area (Å²) < 4.78 is 5.63. The van der Waals surface area contributed by atoms with Crippen LogP contribution in [-0.4, -0.2) is 54.5 Å². The molecule has 0 aliphatic carbocycles. The van der Waals surface area contributed by atoms with Crippen molar-refractivity contribution in [1.82, 2.24) is 15.1 Å². The van der Waals surface area contributed by atoms with Crippen molar-refractivity contribution in [1.29, 1.82) is 0 Å². The highest BCUT2D eigenvalue weighted by molar-refractivity contribution is 7.15. The van der Waals surface area contributed by atoms with Crippen molar-refractivity contribution in [2.75, 3.05) is 38.6 Å². The number of aromatic nitrogens is 2. The quantitative estimate of drug-likeness (QED) is 0.820. The van der Waals surface area contributed by atoms with Crippen molar-refractivity contribution in [2.24, 2.45) is 0 Å². The van der Waals surface area contributed by atoms with E-state index < -0.39 is 0 Å². The van der Waals surface area contributed by atoms with E-state index in [1.165, 1.54) is 0 Å². The van der Waals surface area contributed by atoms with Crippen LogP contribution >= 0.6 is 11.3 Å². The second-order valence-corrected chi connectivity index (χ2v) is 4.94. The Morgan fingerprint density at radius 3 is 3.13 bits per heavy atom. The van der Waals surface area contributed by atoms with Gasteiger partial charge in [0.2, 0.25) is 5.13 Å². The predicted octanol–water partition coefficient (Wildman–Crippen LogP) is 0.589. The number of nitrogens with one attached hydrogen (secondary N) is 1. The molecule has 1 N–H and O–H groups in total. The molecule has 1 atom stereocenters. The summed E-state index contributed by atoms with van der Waals surface area (Å²) >= 11 is 1.57. The van der Waals surface area contributed by atoms with Crippen LogP contribution in [0.25, 0.3) is 0 Å². The summed E-state index contributed by atoms with van der Waals surface area (Å²) in [6.45, 7) is 5.57. The number of nitrogens with zero attached hydrogens (tertiary/aromatic N) is 3. The van der Waals surface area contributed by atoms with Gasteiger partial charge in [0.05, 0.1) is 12.7 Å². The van der Waals surface area contributed by atoms with E-state index in [-0.39, 0.29) is 6.10 Å². The Hall–Kier alpha value is -0.720. The van der Waals surface area contributed by atoms with Gasteiger partial charge in [-0.3, -0.25) is 0 Å². The van der Waals surface area contributed by atoms with Crippen molar-refractivity contribution >= 4 is 16.5 Å². The molecule has 5 nitrogen and oxygen atoms in total. The number of hydrogen-bond acceptors (Lipinski definition) is 6. The van der Waals surface area contributed by atoms with E-state index in [0.717, 1.165) is 36.4 Å². The third-order valence-electron chi connectivity index (χ3n) is 2.35. The van der Waals surface area contributed by atoms with Crippen molar-refractivity contribution in [2.45, 2.75) is 13.0 Å². The van der Waals surface area contributed by atoms with Gasteiger partial charge in [-0.25, -0.2) is 0 Å². The Labute approximate surface area is 93.5 Å². The lowest BCUT2D eigenvalue weighted by Gasteiger charge is -2.29. The fraction of sp³-hybridized carbons (Fsp3) is 0.778. The average molecular weight is 228 g/mol. The van der Waals surface area contributed by atoms with Crippen LogP contribution in [0.1, 0.15) is 5.01 Å². The van der Waals surface area contributed by atoms with Crippen LogP contribution in [0, 0.1) is 6.92 Å². The molecule has 6 heteroatoms. The van der Waals surface area contributed by atoms with E-state index >= 15 is 0 Å². The first-order valence-electron chi connectivity index (χ1n) is 5.08. The van der Waals surface area contributed by atoms with Crippen molar-refractivity contribution < 1.29 is 4.74 Å². The van der Waals surface area contributed by atoms with Crippen molar-refractivity contribution in [3.8, 4) is 0 Å². The normalized spacial score (nSPS) is 22.9. The summed E-state index contributed by atoms with van der Waals surface area (Å²) in [5.74, 6) is 0. The highest BCUT2D eigenvalue weighted by Crippen LogP contribution is 2.14. The zero-order chi connectivity index (χ0) is 10.7. The Morgan fingerprint density at radius 2 is 2.47 bits per heavy atom. The second kappa shape index (κ2) is 4.87. The third-order valence-corrected chi connectivity index (χ3v) is 3.15. The molecular weight excluding hydrogens is 212 g/mol. The van der Waals surface area contributed by atoms with Crippen LogP contribution in [0.2, 0.25) is 0 Å². The summed E-state index contributed by atoms with van der Waals surface area (Å²) in [6, 6.07) is 0. The summed E-state index contributed by atoms with van der Waals surface area (Å²) in [5, 5.41) is 13.1. The minimum absolute atomic E-state index is 0.257. The molecule has 0 bridgehead atoms. The standard InChI is InChI=1S/C9H16N4OS/c1-7-11-12-9(15-7)10-5-8-6-13(2)3-4-14-8/h8H,3-6H2,1-2H3,(H,10,12). The molecule has 84 valence electrons. The van der Waals surface area contributed by atoms with Crippen LogP contribution < -0.4 is 5.32 Å². The maximum atomic E-state index is 5.63. The number of rotatable bonds is 3. The van der Waals surface area contributed by atoms with Crippen molar-refractivity contribution in [3.05, 3.63) is 5.01 Å². The molecule has 0 radical (unpaired) electrons. The first-order valence-corrected chi connectivity index (χ1v) is 5.90. The monoisotopic (exact) mass is 228 g/mol. The molecule has 1 aliphatic rings. The summed E-state index contributed by atoms with van der Waals surface area (Å²) in [7, 11) is 2.12. The molecule has 1 saturated heterocycles. The van der Waals surface area contributed by atoms with E-state index in [1.54, 1.807) is 11.3 Å². The van der Waals surface area contributed by atoms with Crippen molar-refractivity contribution in [3.63, 3.8) is 0 Å². The Morgan fingerprint density at radius 1 is 1.60 bits per heavy atom. The topological polar surface area (TPSA) is 50.3 Å². The van der Waals surface area contributed by atoms with E-state index in [9.17, 15) is 0 Å². The number of morpholine rings is 1. The van der Waals surface area contributed by atoms with Crippen LogP contribution in [0.15, 0.2) is 0 Å². The molecule has 0 saturated carbocycles. The molecule has 1 unspecified atom stereocenters. The maximum absolute atomic E-state index is 5.63. The summed E-state index contributed by atoms with van der Waals surface area (Å²) in [5.41, 5.74) is 0. The first kappa shape index (κ1) is 10.8. The lowest BCUT2D eigenvalue weighted by molar-refractivity contribution is -0.0117. The molecule has 1 aliphatic heterocycles. The van der Waals surface area contributed by atoms with Crippen LogP contribution in [0.5, 0.6) is 0 Å². The van der Waals surface area contributed by atoms with Crippen LogP contribution in [-0.2, 0) is 4.74 Å². The molecule has 0 aromatic carbocycles. The van der Waals surface area contributed by atoms with E-state index in [0.29, 0.717) is 0 Å². The lowest BCUT2D eigenvalue weighted by Crippen LogP contribution is -2.43. The molecule has 1 aromatic heterocycles. The van der Waals surface area contributed by atoms with E-state index in [1.807, 2.05) is 6.92 Å². The average Bonchev–Trinajstić information content (AvgIpc) is 2.62. The zero-order valence-electron chi connectivity index (χ0n) is 9.06. The van der Waals surface area contributed by atoms with Gasteiger partial charge < -0.3 is 15.0 Å². The van der Waals surface area contributed by atoms with Gasteiger partial charge in [-0.1, -0.05) is 11.3 Å². The van der Waals surface area contributed by atoms with Gasteiger partial charge in [-0.05, 0) is 14.0 Å². The molecule has 15 heavy (non-hydrogen) atoms. The van der Waals surface area contributed by atoms with E-state index in [4.69, 9.17) is 4.74 Å². The zero-order valence-corrected chi connectivity index (χ0v) is 9.88. The van der Waals surface area contributed by atoms with Gasteiger partial charge >= 0.3 is 0 Å². The largest absolute Gasteiger partial charge is 0.374 e. The smallest absolute Gasteiger partial charge is 0.205 e. The Bertz CT molecular complexity index is 317. The SMILES string of the molecule is Cc1nnc(NCC2CN(C)CCO2)s1. The summed E-state index contributed by atoms with van der Waals surface area (Å²) in [4.78, 5) is 2.28. The molecule has 1 fully saturated rings. The van der Waals surface area contributed by atoms with E-state index in [2.05, 4.69) is 27.5 Å². The lowest BCUT2D eigenvalue weighted by atomic mass is 10.3. The molecule has 0 amide bonds. The molecule has 2 heterocycles.